The van der Waals surface area contributed by atoms with Crippen LogP contribution in [-0.4, -0.2) is 33.0 Å². The normalized spacial score (nSPS) is 12.7. The van der Waals surface area contributed by atoms with Gasteiger partial charge in [-0.15, -0.1) is 10.2 Å². The second-order valence-electron chi connectivity index (χ2n) is 8.81. The second-order valence-corrected chi connectivity index (χ2v) is 9.65. The summed E-state index contributed by atoms with van der Waals surface area (Å²) in [5.74, 6) is -3.85. The van der Waals surface area contributed by atoms with Crippen molar-refractivity contribution in [1.82, 2.24) is 25.5 Å². The van der Waals surface area contributed by atoms with Gasteiger partial charge in [-0.05, 0) is 55.3 Å². The number of halogens is 4. The number of rotatable bonds is 10. The molecule has 38 heavy (non-hydrogen) atoms. The summed E-state index contributed by atoms with van der Waals surface area (Å²) < 4.78 is 27.1. The Morgan fingerprint density at radius 2 is 1.82 bits per heavy atom. The third-order valence-electron chi connectivity index (χ3n) is 5.66. The smallest absolute Gasteiger partial charge is 0.307 e. The number of alkyl halides is 2. The van der Waals surface area contributed by atoms with E-state index in [1.165, 1.54) is 0 Å². The third-order valence-corrected chi connectivity index (χ3v) is 6.21. The van der Waals surface area contributed by atoms with Gasteiger partial charge in [-0.3, -0.25) is 4.99 Å². The molecule has 3 rings (SSSR count). The summed E-state index contributed by atoms with van der Waals surface area (Å²) in [4.78, 5) is 5.87. The maximum Gasteiger partial charge on any atom is 0.307 e. The maximum absolute atomic E-state index is 13.5. The Morgan fingerprint density at radius 1 is 1.13 bits per heavy atom. The minimum atomic E-state index is -3.19. The van der Waals surface area contributed by atoms with E-state index >= 15 is 0 Å². The first-order valence-electron chi connectivity index (χ1n) is 11.6. The fourth-order valence-corrected chi connectivity index (χ4v) is 4.08. The highest BCUT2D eigenvalue weighted by Crippen LogP contribution is 2.34. The lowest BCUT2D eigenvalue weighted by Gasteiger charge is -2.20. The molecule has 11 heteroatoms. The van der Waals surface area contributed by atoms with E-state index in [9.17, 15) is 8.78 Å². The van der Waals surface area contributed by atoms with Gasteiger partial charge in [-0.25, -0.2) is 0 Å². The molecule has 2 aromatic carbocycles. The molecule has 0 amide bonds. The molecule has 0 unspecified atom stereocenters. The minimum Gasteiger partial charge on any atom is -0.388 e. The second kappa shape index (κ2) is 11.9. The van der Waals surface area contributed by atoms with Crippen LogP contribution < -0.4 is 10.6 Å². The highest BCUT2D eigenvalue weighted by molar-refractivity contribution is 6.32. The molecule has 0 aliphatic heterocycles. The van der Waals surface area contributed by atoms with Crippen LogP contribution in [0.5, 0.6) is 0 Å². The monoisotopic (exact) mass is 559 g/mol. The van der Waals surface area contributed by atoms with Crippen molar-refractivity contribution in [2.75, 3.05) is 12.4 Å². The van der Waals surface area contributed by atoms with Crippen LogP contribution in [0, 0.1) is 6.92 Å². The number of nitrogens with zero attached hydrogens (tertiary/aromatic N) is 5. The van der Waals surface area contributed by atoms with Gasteiger partial charge in [0.1, 0.15) is 6.54 Å². The average Bonchev–Trinajstić information content (AvgIpc) is 3.32. The summed E-state index contributed by atoms with van der Waals surface area (Å²) in [6.07, 6.45) is 0. The Balaban J connectivity index is 2.04. The first-order chi connectivity index (χ1) is 17.8. The summed E-state index contributed by atoms with van der Waals surface area (Å²) >= 11 is 12.8. The van der Waals surface area contributed by atoms with Gasteiger partial charge in [0.05, 0.1) is 11.4 Å². The Kier molecular flexibility index (Phi) is 9.06. The summed E-state index contributed by atoms with van der Waals surface area (Å²) in [6.45, 7) is 14.6. The zero-order valence-electron chi connectivity index (χ0n) is 21.8. The van der Waals surface area contributed by atoms with E-state index in [-0.39, 0.29) is 6.54 Å². The predicted octanol–water partition coefficient (Wildman–Crippen LogP) is 7.11. The van der Waals surface area contributed by atoms with Gasteiger partial charge in [0.2, 0.25) is 5.82 Å². The lowest BCUT2D eigenvalue weighted by molar-refractivity contribution is 0.00741. The van der Waals surface area contributed by atoms with Crippen molar-refractivity contribution < 1.29 is 8.78 Å². The number of nitrogens with one attached hydrogen (secondary N) is 2. The first-order valence-corrected chi connectivity index (χ1v) is 12.4. The van der Waals surface area contributed by atoms with Gasteiger partial charge in [0, 0.05) is 52.2 Å². The van der Waals surface area contributed by atoms with Gasteiger partial charge < -0.3 is 10.6 Å². The van der Waals surface area contributed by atoms with Crippen LogP contribution in [0.25, 0.3) is 11.4 Å². The van der Waals surface area contributed by atoms with Gasteiger partial charge in [-0.1, -0.05) is 54.6 Å². The Morgan fingerprint density at radius 3 is 2.42 bits per heavy atom. The molecule has 0 bridgehead atoms. The summed E-state index contributed by atoms with van der Waals surface area (Å²) in [6, 6.07) is 10.9. The van der Waals surface area contributed by atoms with E-state index in [0.29, 0.717) is 44.0 Å². The Hall–Kier alpha value is -3.56. The van der Waals surface area contributed by atoms with Crippen molar-refractivity contribution in [3.8, 4) is 0 Å². The molecule has 200 valence electrons. The molecule has 0 spiro atoms. The van der Waals surface area contributed by atoms with Gasteiger partial charge in [0.25, 0.3) is 0 Å². The largest absolute Gasteiger partial charge is 0.388 e. The number of aryl methyl sites for hydroxylation is 1. The predicted molar refractivity (Wildman–Crippen MR) is 152 cm³/mol. The van der Waals surface area contributed by atoms with Crippen molar-refractivity contribution in [2.24, 2.45) is 4.99 Å². The summed E-state index contributed by atoms with van der Waals surface area (Å²) in [5.41, 5.74) is 6.22. The zero-order valence-corrected chi connectivity index (χ0v) is 23.3. The molecule has 3 aromatic rings. The molecular formula is C27H29Cl2F2N7. The fourth-order valence-electron chi connectivity index (χ4n) is 3.59. The fraction of sp³-hybridized carbons (Fsp3) is 0.259. The van der Waals surface area contributed by atoms with Crippen LogP contribution in [0.1, 0.15) is 43.3 Å². The van der Waals surface area contributed by atoms with E-state index in [1.54, 1.807) is 20.0 Å². The van der Waals surface area contributed by atoms with Gasteiger partial charge in [-0.2, -0.15) is 13.6 Å². The van der Waals surface area contributed by atoms with E-state index in [2.05, 4.69) is 39.2 Å². The van der Waals surface area contributed by atoms with E-state index in [4.69, 9.17) is 28.2 Å². The van der Waals surface area contributed by atoms with Crippen LogP contribution in [0.15, 0.2) is 65.8 Å². The number of anilines is 1. The maximum atomic E-state index is 13.5. The number of hydrogen-bond donors (Lipinski definition) is 2. The number of benzene rings is 2. The quantitative estimate of drug-likeness (QED) is 0.204. The van der Waals surface area contributed by atoms with Crippen LogP contribution in [0.4, 0.5) is 14.5 Å². The molecule has 7 nitrogen and oxygen atoms in total. The number of tetrazole rings is 1. The average molecular weight is 560 g/mol. The van der Waals surface area contributed by atoms with Crippen LogP contribution in [0.2, 0.25) is 10.0 Å². The third kappa shape index (κ3) is 6.85. The molecule has 0 fully saturated rings. The van der Waals surface area contributed by atoms with E-state index in [1.807, 2.05) is 44.2 Å². The van der Waals surface area contributed by atoms with Crippen LogP contribution >= 0.6 is 23.2 Å². The summed E-state index contributed by atoms with van der Waals surface area (Å²) in [7, 11) is 1.78. The SMILES string of the molecule is C=C(Nc1c(C)cc(Cl)cc1C(=C)NC)/C(C)=C(/N=C(C)Cn1nnc(C(C)(F)F)n1)c1ccccc1Cl. The number of allylic oxidation sites excluding steroid dienone is 1. The van der Waals surface area contributed by atoms with Gasteiger partial charge >= 0.3 is 5.92 Å². The summed E-state index contributed by atoms with van der Waals surface area (Å²) in [5, 5.41) is 18.5. The minimum absolute atomic E-state index is 0.0483. The van der Waals surface area contributed by atoms with Crippen molar-refractivity contribution in [3.63, 3.8) is 0 Å². The van der Waals surface area contributed by atoms with Crippen molar-refractivity contribution in [1.29, 1.82) is 0 Å². The molecule has 1 aromatic heterocycles. The highest BCUT2D eigenvalue weighted by atomic mass is 35.5. The molecular weight excluding hydrogens is 531 g/mol. The number of hydrogen-bond acceptors (Lipinski definition) is 6. The van der Waals surface area contributed by atoms with Gasteiger partial charge in [0.15, 0.2) is 0 Å². The number of aliphatic imine (C=N–C) groups is 1. The molecule has 0 radical (unpaired) electrons. The standard InChI is InChI=1S/C27H29Cl2F2N7/c1-15-12-20(28)13-22(19(5)32-7)24(15)34-18(4)17(3)25(21-10-8-9-11-23(21)29)33-16(2)14-38-36-26(35-37-38)27(6,30)31/h8-13,32,34H,4-5,14H2,1-3,6-7H3/b25-17+,33-16?. The topological polar surface area (TPSA) is 80.0 Å². The van der Waals surface area contributed by atoms with E-state index in [0.717, 1.165) is 28.5 Å². The Bertz CT molecular complexity index is 1440. The lowest BCUT2D eigenvalue weighted by Crippen LogP contribution is -2.14. The van der Waals surface area contributed by atoms with Crippen LogP contribution in [0.3, 0.4) is 0 Å². The molecule has 0 aliphatic rings. The van der Waals surface area contributed by atoms with E-state index < -0.39 is 11.7 Å². The Labute approximate surface area is 231 Å². The molecule has 0 saturated heterocycles. The first kappa shape index (κ1) is 29.0. The molecule has 0 atom stereocenters. The zero-order chi connectivity index (χ0) is 28.2. The van der Waals surface area contributed by atoms with Crippen molar-refractivity contribution in [2.45, 2.75) is 40.2 Å². The molecule has 1 heterocycles. The van der Waals surface area contributed by atoms with Crippen LogP contribution in [-0.2, 0) is 12.5 Å². The molecule has 0 saturated carbocycles. The lowest BCUT2D eigenvalue weighted by atomic mass is 10.0. The molecule has 0 aliphatic carbocycles. The number of aromatic nitrogens is 4. The highest BCUT2D eigenvalue weighted by Gasteiger charge is 2.30. The van der Waals surface area contributed by atoms with Crippen molar-refractivity contribution in [3.05, 3.63) is 93.4 Å². The molecule has 2 N–H and O–H groups in total. The van der Waals surface area contributed by atoms with Crippen molar-refractivity contribution >= 4 is 46.0 Å².